The first kappa shape index (κ1) is 22.3. The minimum absolute atomic E-state index is 0.0109. The molecular weight excluding hydrogens is 400 g/mol. The van der Waals surface area contributed by atoms with E-state index >= 15 is 0 Å². The maximum Gasteiger partial charge on any atom is 0.243 e. The van der Waals surface area contributed by atoms with E-state index in [1.54, 1.807) is 12.1 Å². The minimum Gasteiger partial charge on any atom is -0.493 e. The number of hydrogen-bond acceptors (Lipinski definition) is 4. The van der Waals surface area contributed by atoms with Crippen molar-refractivity contribution < 1.29 is 17.9 Å². The number of rotatable bonds is 8. The summed E-state index contributed by atoms with van der Waals surface area (Å²) in [6.07, 6.45) is 2.28. The van der Waals surface area contributed by atoms with Crippen LogP contribution in [0.4, 0.5) is 0 Å². The Labute approximate surface area is 179 Å². The Hall–Kier alpha value is -2.38. The van der Waals surface area contributed by atoms with E-state index in [1.165, 1.54) is 4.31 Å². The second-order valence-corrected chi connectivity index (χ2v) is 9.71. The third-order valence-electron chi connectivity index (χ3n) is 5.38. The van der Waals surface area contributed by atoms with Crippen LogP contribution < -0.4 is 10.1 Å². The van der Waals surface area contributed by atoms with Crippen molar-refractivity contribution in [1.82, 2.24) is 9.62 Å². The van der Waals surface area contributed by atoms with Crippen molar-refractivity contribution in [3.05, 3.63) is 59.7 Å². The lowest BCUT2D eigenvalue weighted by Gasteiger charge is -2.31. The van der Waals surface area contributed by atoms with Gasteiger partial charge in [-0.1, -0.05) is 35.9 Å². The molecule has 2 aromatic rings. The predicted octanol–water partition coefficient (Wildman–Crippen LogP) is 3.43. The highest BCUT2D eigenvalue weighted by molar-refractivity contribution is 7.89. The van der Waals surface area contributed by atoms with Crippen molar-refractivity contribution in [3.63, 3.8) is 0 Å². The third-order valence-corrected chi connectivity index (χ3v) is 7.29. The summed E-state index contributed by atoms with van der Waals surface area (Å²) < 4.78 is 32.8. The topological polar surface area (TPSA) is 75.7 Å². The number of benzene rings is 2. The molecule has 0 radical (unpaired) electrons. The largest absolute Gasteiger partial charge is 0.493 e. The summed E-state index contributed by atoms with van der Waals surface area (Å²) >= 11 is 0. The lowest BCUT2D eigenvalue weighted by molar-refractivity contribution is -0.122. The van der Waals surface area contributed by atoms with Gasteiger partial charge in [-0.2, -0.15) is 4.31 Å². The number of hydrogen-bond donors (Lipinski definition) is 1. The molecule has 162 valence electrons. The zero-order valence-corrected chi connectivity index (χ0v) is 18.5. The van der Waals surface area contributed by atoms with Gasteiger partial charge < -0.3 is 10.1 Å². The number of carbonyl (C=O) groups excluding carboxylic acids is 1. The Morgan fingerprint density at radius 3 is 2.40 bits per heavy atom. The summed E-state index contributed by atoms with van der Waals surface area (Å²) in [6, 6.07) is 14.7. The van der Waals surface area contributed by atoms with Gasteiger partial charge in [-0.25, -0.2) is 8.42 Å². The number of amides is 1. The fraction of sp³-hybridized carbons (Fsp3) is 0.435. The molecule has 3 rings (SSSR count). The van der Waals surface area contributed by atoms with Gasteiger partial charge in [0.05, 0.1) is 11.5 Å². The van der Waals surface area contributed by atoms with Crippen LogP contribution in [0.5, 0.6) is 5.75 Å². The average molecular weight is 431 g/mol. The molecule has 0 saturated carbocycles. The number of sulfonamides is 1. The number of nitrogens with zero attached hydrogens (tertiary/aromatic N) is 1. The van der Waals surface area contributed by atoms with Crippen LogP contribution in [0, 0.1) is 13.8 Å². The molecular formula is C23H30N2O4S. The van der Waals surface area contributed by atoms with Gasteiger partial charge in [0.2, 0.25) is 15.9 Å². The lowest BCUT2D eigenvalue weighted by atomic mass is 10.1. The van der Waals surface area contributed by atoms with Crippen LogP contribution in [0.25, 0.3) is 0 Å². The lowest BCUT2D eigenvalue weighted by Crippen LogP contribution is -2.46. The maximum absolute atomic E-state index is 12.8. The molecule has 1 fully saturated rings. The number of piperidine rings is 1. The zero-order valence-electron chi connectivity index (χ0n) is 17.6. The standard InChI is InChI=1S/C23H30N2O4S/c1-18-9-11-21(12-10-18)30(27,28)25-15-13-20(14-16-25)24-23(26)8-5-17-29-22-7-4-3-6-19(22)2/h3-4,6-7,9-12,20H,5,8,13-17H2,1-2H3,(H,24,26). The SMILES string of the molecule is Cc1ccc(S(=O)(=O)N2CCC(NC(=O)CCCOc3ccccc3C)CC2)cc1. The van der Waals surface area contributed by atoms with Crippen LogP contribution in [0.3, 0.4) is 0 Å². The Kier molecular flexibility index (Phi) is 7.50. The van der Waals surface area contributed by atoms with Gasteiger partial charge in [0, 0.05) is 25.6 Å². The Bertz CT molecular complexity index is 949. The van der Waals surface area contributed by atoms with Gasteiger partial charge in [-0.3, -0.25) is 4.79 Å². The van der Waals surface area contributed by atoms with Gasteiger partial charge >= 0.3 is 0 Å². The molecule has 0 unspecified atom stereocenters. The molecule has 6 nitrogen and oxygen atoms in total. The molecule has 7 heteroatoms. The highest BCUT2D eigenvalue weighted by atomic mass is 32.2. The van der Waals surface area contributed by atoms with Gasteiger partial charge in [0.15, 0.2) is 0 Å². The molecule has 0 atom stereocenters. The van der Waals surface area contributed by atoms with Gasteiger partial charge in [-0.05, 0) is 56.9 Å². The van der Waals surface area contributed by atoms with Crippen LogP contribution >= 0.6 is 0 Å². The van der Waals surface area contributed by atoms with Crippen molar-refractivity contribution in [2.24, 2.45) is 0 Å². The van der Waals surface area contributed by atoms with E-state index < -0.39 is 10.0 Å². The summed E-state index contributed by atoms with van der Waals surface area (Å²) in [7, 11) is -3.47. The molecule has 0 spiro atoms. The van der Waals surface area contributed by atoms with E-state index in [4.69, 9.17) is 4.74 Å². The number of nitrogens with one attached hydrogen (secondary N) is 1. The van der Waals surface area contributed by atoms with Crippen molar-refractivity contribution in [2.75, 3.05) is 19.7 Å². The van der Waals surface area contributed by atoms with E-state index in [0.717, 1.165) is 16.9 Å². The molecule has 0 aromatic heterocycles. The first-order valence-corrected chi connectivity index (χ1v) is 11.8. The third kappa shape index (κ3) is 5.83. The Morgan fingerprint density at radius 1 is 1.07 bits per heavy atom. The molecule has 1 heterocycles. The monoisotopic (exact) mass is 430 g/mol. The normalized spacial score (nSPS) is 15.7. The van der Waals surface area contributed by atoms with Gasteiger partial charge in [-0.15, -0.1) is 0 Å². The average Bonchev–Trinajstić information content (AvgIpc) is 2.73. The maximum atomic E-state index is 12.8. The molecule has 2 aromatic carbocycles. The van der Waals surface area contributed by atoms with Crippen LogP contribution in [-0.2, 0) is 14.8 Å². The van der Waals surface area contributed by atoms with E-state index in [2.05, 4.69) is 5.32 Å². The number of para-hydroxylation sites is 1. The van der Waals surface area contributed by atoms with Crippen molar-refractivity contribution in [3.8, 4) is 5.75 Å². The number of carbonyl (C=O) groups is 1. The number of ether oxygens (including phenoxy) is 1. The van der Waals surface area contributed by atoms with Crippen molar-refractivity contribution in [1.29, 1.82) is 0 Å². The van der Waals surface area contributed by atoms with Gasteiger partial charge in [0.25, 0.3) is 0 Å². The summed E-state index contributed by atoms with van der Waals surface area (Å²) in [4.78, 5) is 12.5. The van der Waals surface area contributed by atoms with Crippen LogP contribution in [-0.4, -0.2) is 44.4 Å². The molecule has 1 aliphatic heterocycles. The van der Waals surface area contributed by atoms with Crippen LogP contribution in [0.15, 0.2) is 53.4 Å². The van der Waals surface area contributed by atoms with E-state index in [1.807, 2.05) is 50.2 Å². The van der Waals surface area contributed by atoms with E-state index in [0.29, 0.717) is 50.3 Å². The van der Waals surface area contributed by atoms with Gasteiger partial charge in [0.1, 0.15) is 5.75 Å². The van der Waals surface area contributed by atoms with Crippen molar-refractivity contribution in [2.45, 2.75) is 50.5 Å². The smallest absolute Gasteiger partial charge is 0.243 e. The highest BCUT2D eigenvalue weighted by Gasteiger charge is 2.29. The molecule has 1 saturated heterocycles. The van der Waals surface area contributed by atoms with Crippen LogP contribution in [0.1, 0.15) is 36.8 Å². The van der Waals surface area contributed by atoms with E-state index in [-0.39, 0.29) is 11.9 Å². The summed E-state index contributed by atoms with van der Waals surface area (Å²) in [5.41, 5.74) is 2.11. The second kappa shape index (κ2) is 10.1. The quantitative estimate of drug-likeness (QED) is 0.651. The summed E-state index contributed by atoms with van der Waals surface area (Å²) in [5, 5.41) is 3.03. The minimum atomic E-state index is -3.47. The molecule has 1 aliphatic rings. The number of aryl methyl sites for hydroxylation is 2. The predicted molar refractivity (Wildman–Crippen MR) is 117 cm³/mol. The molecule has 0 bridgehead atoms. The van der Waals surface area contributed by atoms with Crippen molar-refractivity contribution >= 4 is 15.9 Å². The summed E-state index contributed by atoms with van der Waals surface area (Å²) in [5.74, 6) is 0.836. The first-order valence-electron chi connectivity index (χ1n) is 10.4. The molecule has 30 heavy (non-hydrogen) atoms. The fourth-order valence-electron chi connectivity index (χ4n) is 3.53. The van der Waals surface area contributed by atoms with E-state index in [9.17, 15) is 13.2 Å². The summed E-state index contributed by atoms with van der Waals surface area (Å²) in [6.45, 7) is 5.24. The molecule has 0 aliphatic carbocycles. The fourth-order valence-corrected chi connectivity index (χ4v) is 5.00. The Balaban J connectivity index is 1.39. The second-order valence-electron chi connectivity index (χ2n) is 7.78. The Morgan fingerprint density at radius 2 is 1.73 bits per heavy atom. The van der Waals surface area contributed by atoms with Crippen LogP contribution in [0.2, 0.25) is 0 Å². The first-order chi connectivity index (χ1) is 14.4. The highest BCUT2D eigenvalue weighted by Crippen LogP contribution is 2.21. The zero-order chi connectivity index (χ0) is 21.6. The molecule has 1 N–H and O–H groups in total. The molecule has 1 amide bonds.